The summed E-state index contributed by atoms with van der Waals surface area (Å²) in [5.41, 5.74) is 2.05. The van der Waals surface area contributed by atoms with E-state index in [0.717, 1.165) is 11.4 Å². The molecule has 2 aliphatic heterocycles. The lowest BCUT2D eigenvalue weighted by atomic mass is 9.95. The number of nitrogens with zero attached hydrogens (tertiary/aromatic N) is 2. The number of fused-ring (bicyclic) bond motifs is 1. The van der Waals surface area contributed by atoms with Gasteiger partial charge in [-0.05, 0) is 43.4 Å². The van der Waals surface area contributed by atoms with Gasteiger partial charge in [0, 0.05) is 25.6 Å². The zero-order valence-corrected chi connectivity index (χ0v) is 18.3. The fourth-order valence-corrected chi connectivity index (χ4v) is 4.37. The molecule has 0 bridgehead atoms. The quantitative estimate of drug-likeness (QED) is 0.811. The maximum atomic E-state index is 13.2. The minimum Gasteiger partial charge on any atom is -0.487 e. The second kappa shape index (κ2) is 9.41. The van der Waals surface area contributed by atoms with Gasteiger partial charge in [0.15, 0.2) is 0 Å². The molecular weight excluding hydrogens is 390 g/mol. The summed E-state index contributed by atoms with van der Waals surface area (Å²) < 4.78 is 5.86. The highest BCUT2D eigenvalue weighted by Crippen LogP contribution is 2.34. The number of nitrogens with one attached hydrogen (secondary N) is 1. The summed E-state index contributed by atoms with van der Waals surface area (Å²) in [6.07, 6.45) is 1.34. The minimum absolute atomic E-state index is 0.000780. The van der Waals surface area contributed by atoms with E-state index in [0.29, 0.717) is 39.0 Å². The topological polar surface area (TPSA) is 61.9 Å². The van der Waals surface area contributed by atoms with Gasteiger partial charge in [0.1, 0.15) is 11.9 Å². The van der Waals surface area contributed by atoms with E-state index in [1.165, 1.54) is 5.56 Å². The molecule has 2 aromatic carbocycles. The van der Waals surface area contributed by atoms with Crippen LogP contribution in [0.5, 0.6) is 5.75 Å². The Morgan fingerprint density at radius 2 is 1.74 bits per heavy atom. The van der Waals surface area contributed by atoms with Crippen molar-refractivity contribution in [3.63, 3.8) is 0 Å². The van der Waals surface area contributed by atoms with Gasteiger partial charge >= 0.3 is 6.03 Å². The number of para-hydroxylation sites is 2. The van der Waals surface area contributed by atoms with Crippen LogP contribution in [0.3, 0.4) is 0 Å². The van der Waals surface area contributed by atoms with E-state index in [1.807, 2.05) is 59.2 Å². The van der Waals surface area contributed by atoms with Crippen molar-refractivity contribution in [2.45, 2.75) is 38.7 Å². The molecule has 6 nitrogen and oxygen atoms in total. The van der Waals surface area contributed by atoms with E-state index in [2.05, 4.69) is 24.4 Å². The van der Waals surface area contributed by atoms with E-state index in [1.54, 1.807) is 0 Å². The Bertz CT molecular complexity index is 909. The Morgan fingerprint density at radius 1 is 1.06 bits per heavy atom. The molecule has 0 unspecified atom stereocenters. The van der Waals surface area contributed by atoms with Gasteiger partial charge in [0.25, 0.3) is 0 Å². The normalized spacial score (nSPS) is 19.9. The fourth-order valence-electron chi connectivity index (χ4n) is 4.37. The molecule has 0 saturated carbocycles. The van der Waals surface area contributed by atoms with Crippen molar-refractivity contribution in [1.29, 1.82) is 0 Å². The van der Waals surface area contributed by atoms with E-state index < -0.39 is 0 Å². The summed E-state index contributed by atoms with van der Waals surface area (Å²) >= 11 is 0. The maximum Gasteiger partial charge on any atom is 0.324 e. The molecule has 2 atom stereocenters. The molecule has 164 valence electrons. The van der Waals surface area contributed by atoms with Gasteiger partial charge in [-0.3, -0.25) is 9.69 Å². The van der Waals surface area contributed by atoms with E-state index in [-0.39, 0.29) is 29.9 Å². The van der Waals surface area contributed by atoms with Crippen LogP contribution >= 0.6 is 0 Å². The number of hydrogen-bond donors (Lipinski definition) is 1. The molecule has 2 heterocycles. The van der Waals surface area contributed by atoms with Crippen LogP contribution in [0.15, 0.2) is 54.6 Å². The van der Waals surface area contributed by atoms with Crippen molar-refractivity contribution >= 4 is 17.6 Å². The fraction of sp³-hybridized carbons (Fsp3) is 0.440. The molecule has 0 aliphatic carbocycles. The summed E-state index contributed by atoms with van der Waals surface area (Å²) in [7, 11) is 0. The van der Waals surface area contributed by atoms with E-state index >= 15 is 0 Å². The maximum absolute atomic E-state index is 13.2. The third-order valence-corrected chi connectivity index (χ3v) is 6.24. The highest BCUT2D eigenvalue weighted by atomic mass is 16.5. The van der Waals surface area contributed by atoms with Crippen LogP contribution in [0, 0.1) is 5.92 Å². The summed E-state index contributed by atoms with van der Waals surface area (Å²) in [5, 5.41) is 3.11. The number of hydrogen-bond acceptors (Lipinski definition) is 3. The van der Waals surface area contributed by atoms with Gasteiger partial charge in [-0.15, -0.1) is 0 Å². The molecule has 6 heteroatoms. The van der Waals surface area contributed by atoms with Gasteiger partial charge < -0.3 is 15.0 Å². The number of ether oxygens (including phenoxy) is 1. The Labute approximate surface area is 184 Å². The third kappa shape index (κ3) is 4.84. The first-order valence-electron chi connectivity index (χ1n) is 11.2. The van der Waals surface area contributed by atoms with E-state index in [4.69, 9.17) is 4.74 Å². The van der Waals surface area contributed by atoms with Crippen LogP contribution < -0.4 is 15.0 Å². The molecule has 2 aliphatic rings. The molecule has 0 spiro atoms. The van der Waals surface area contributed by atoms with Crippen molar-refractivity contribution in [3.8, 4) is 5.75 Å². The van der Waals surface area contributed by atoms with Crippen LogP contribution in [-0.2, 0) is 4.79 Å². The third-order valence-electron chi connectivity index (χ3n) is 6.24. The molecule has 1 N–H and O–H groups in total. The van der Waals surface area contributed by atoms with Crippen molar-refractivity contribution in [2.75, 3.05) is 31.1 Å². The Hall–Kier alpha value is -3.02. The lowest BCUT2D eigenvalue weighted by molar-refractivity contribution is -0.126. The number of anilines is 1. The van der Waals surface area contributed by atoms with Gasteiger partial charge in [0.05, 0.1) is 12.2 Å². The minimum atomic E-state index is -0.0474. The lowest BCUT2D eigenvalue weighted by Crippen LogP contribution is -2.52. The van der Waals surface area contributed by atoms with Crippen LogP contribution in [0.25, 0.3) is 0 Å². The predicted octanol–water partition coefficient (Wildman–Crippen LogP) is 4.03. The van der Waals surface area contributed by atoms with Gasteiger partial charge in [0.2, 0.25) is 5.91 Å². The second-order valence-corrected chi connectivity index (χ2v) is 8.61. The zero-order valence-electron chi connectivity index (χ0n) is 18.3. The number of rotatable bonds is 4. The summed E-state index contributed by atoms with van der Waals surface area (Å²) in [5.74, 6) is 1.08. The Kier molecular flexibility index (Phi) is 6.44. The molecule has 1 fully saturated rings. The second-order valence-electron chi connectivity index (χ2n) is 8.61. The van der Waals surface area contributed by atoms with E-state index in [9.17, 15) is 9.59 Å². The number of urea groups is 1. The molecule has 3 amide bonds. The predicted molar refractivity (Wildman–Crippen MR) is 121 cm³/mol. The van der Waals surface area contributed by atoms with Crippen molar-refractivity contribution < 1.29 is 14.3 Å². The highest BCUT2D eigenvalue weighted by Gasteiger charge is 2.33. The molecular formula is C25H31N3O3. The van der Waals surface area contributed by atoms with Crippen LogP contribution in [0.1, 0.15) is 38.2 Å². The molecule has 31 heavy (non-hydrogen) atoms. The first-order chi connectivity index (χ1) is 15.0. The van der Waals surface area contributed by atoms with Gasteiger partial charge in [-0.2, -0.15) is 0 Å². The summed E-state index contributed by atoms with van der Waals surface area (Å²) in [6, 6.07) is 17.9. The molecule has 4 rings (SSSR count). The number of carbonyl (C=O) groups is 2. The Morgan fingerprint density at radius 3 is 2.48 bits per heavy atom. The monoisotopic (exact) mass is 421 g/mol. The number of piperidine rings is 1. The summed E-state index contributed by atoms with van der Waals surface area (Å²) in [6.45, 7) is 6.46. The summed E-state index contributed by atoms with van der Waals surface area (Å²) in [4.78, 5) is 29.6. The standard InChI is InChI=1S/C25H31N3O3/c1-18(20-8-4-3-5-9-20)16-26-24(29)21-12-14-27(15-13-21)25(30)28-17-19(2)31-23-11-7-6-10-22(23)28/h3-11,18-19,21H,12-17H2,1-2H3,(H,26,29)/t18-,19-/m0/s1. The SMILES string of the molecule is C[C@H]1CN(C(=O)N2CCC(C(=O)NC[C@H](C)c3ccccc3)CC2)c2ccccc2O1. The van der Waals surface area contributed by atoms with Gasteiger partial charge in [-0.25, -0.2) is 4.79 Å². The number of amides is 3. The first-order valence-corrected chi connectivity index (χ1v) is 11.2. The number of likely N-dealkylation sites (tertiary alicyclic amines) is 1. The molecule has 0 radical (unpaired) electrons. The van der Waals surface area contributed by atoms with Crippen molar-refractivity contribution in [1.82, 2.24) is 10.2 Å². The zero-order chi connectivity index (χ0) is 21.8. The molecule has 2 aromatic rings. The average Bonchev–Trinajstić information content (AvgIpc) is 2.82. The van der Waals surface area contributed by atoms with Crippen LogP contribution in [0.4, 0.5) is 10.5 Å². The van der Waals surface area contributed by atoms with Crippen molar-refractivity contribution in [3.05, 3.63) is 60.2 Å². The average molecular weight is 422 g/mol. The lowest BCUT2D eigenvalue weighted by Gasteiger charge is -2.39. The molecule has 1 saturated heterocycles. The smallest absolute Gasteiger partial charge is 0.324 e. The van der Waals surface area contributed by atoms with Gasteiger partial charge in [-0.1, -0.05) is 49.4 Å². The van der Waals surface area contributed by atoms with Crippen LogP contribution in [-0.4, -0.2) is 49.1 Å². The van der Waals surface area contributed by atoms with Crippen molar-refractivity contribution in [2.24, 2.45) is 5.92 Å². The first kappa shape index (κ1) is 21.2. The highest BCUT2D eigenvalue weighted by molar-refractivity contribution is 5.94. The number of benzene rings is 2. The number of carbonyl (C=O) groups excluding carboxylic acids is 2. The largest absolute Gasteiger partial charge is 0.487 e. The molecule has 0 aromatic heterocycles. The Balaban J connectivity index is 1.29. The van der Waals surface area contributed by atoms with Crippen LogP contribution in [0.2, 0.25) is 0 Å².